The molecular weight excluding hydrogens is 388 g/mol. The molecule has 1 aromatic heterocycles. The number of carbonyl (C=O) groups excluding carboxylic acids is 1. The van der Waals surface area contributed by atoms with Crippen LogP contribution in [0.1, 0.15) is 56.1 Å². The van der Waals surface area contributed by atoms with Gasteiger partial charge in [0.25, 0.3) is 0 Å². The zero-order valence-electron chi connectivity index (χ0n) is 19.1. The molecule has 0 spiro atoms. The minimum Gasteiger partial charge on any atom is -0.497 e. The van der Waals surface area contributed by atoms with Gasteiger partial charge >= 0.3 is 0 Å². The van der Waals surface area contributed by atoms with E-state index in [1.165, 1.54) is 12.8 Å². The summed E-state index contributed by atoms with van der Waals surface area (Å²) < 4.78 is 13.1. The third-order valence-corrected chi connectivity index (χ3v) is 5.82. The molecule has 1 atom stereocenters. The number of benzene rings is 2. The van der Waals surface area contributed by atoms with Crippen molar-refractivity contribution < 1.29 is 14.3 Å². The lowest BCUT2D eigenvalue weighted by Crippen LogP contribution is -2.26. The highest BCUT2D eigenvalue weighted by Crippen LogP contribution is 2.37. The van der Waals surface area contributed by atoms with E-state index >= 15 is 0 Å². The molecule has 0 aliphatic rings. The highest BCUT2D eigenvalue weighted by Gasteiger charge is 2.23. The smallest absolute Gasteiger partial charge is 0.220 e. The largest absolute Gasteiger partial charge is 0.497 e. The van der Waals surface area contributed by atoms with E-state index in [0.29, 0.717) is 6.42 Å². The van der Waals surface area contributed by atoms with Crippen molar-refractivity contribution in [1.29, 1.82) is 0 Å². The number of hydrogen-bond donors (Lipinski definition) is 1. The topological polar surface area (TPSA) is 52.5 Å². The van der Waals surface area contributed by atoms with Crippen molar-refractivity contribution in [3.63, 3.8) is 0 Å². The first-order chi connectivity index (χ1) is 15.1. The van der Waals surface area contributed by atoms with Crippen molar-refractivity contribution in [2.45, 2.75) is 44.9 Å². The van der Waals surface area contributed by atoms with Gasteiger partial charge in [0.2, 0.25) is 5.91 Å². The summed E-state index contributed by atoms with van der Waals surface area (Å²) in [5.74, 6) is 1.40. The molecule has 0 aliphatic carbocycles. The highest BCUT2D eigenvalue weighted by atomic mass is 16.5. The van der Waals surface area contributed by atoms with Gasteiger partial charge in [0.05, 0.1) is 14.2 Å². The molecule has 0 bridgehead atoms. The van der Waals surface area contributed by atoms with E-state index in [1.807, 2.05) is 37.4 Å². The summed E-state index contributed by atoms with van der Waals surface area (Å²) in [6, 6.07) is 14.2. The number of carbonyl (C=O) groups is 1. The SMILES string of the molecule is CCCCCCNC(=O)CC(c1cc(OC)cc(OC)c1)c1cn(C)c2ccccc12. The Morgan fingerprint density at radius 1 is 1.03 bits per heavy atom. The second kappa shape index (κ2) is 10.9. The number of fused-ring (bicyclic) bond motifs is 1. The summed E-state index contributed by atoms with van der Waals surface area (Å²) in [5.41, 5.74) is 3.29. The standard InChI is InChI=1S/C26H34N2O3/c1-5-6-7-10-13-27-26(29)17-23(19-14-20(30-3)16-21(15-19)31-4)24-18-28(2)25-12-9-8-11-22(24)25/h8-9,11-12,14-16,18,23H,5-7,10,13,17H2,1-4H3,(H,27,29). The Hall–Kier alpha value is -2.95. The van der Waals surface area contributed by atoms with Crippen LogP contribution in [0.25, 0.3) is 10.9 Å². The molecule has 0 saturated heterocycles. The molecule has 0 radical (unpaired) electrons. The van der Waals surface area contributed by atoms with Crippen LogP contribution in [-0.2, 0) is 11.8 Å². The van der Waals surface area contributed by atoms with E-state index in [1.54, 1.807) is 14.2 Å². The van der Waals surface area contributed by atoms with Gasteiger partial charge in [-0.1, -0.05) is 44.4 Å². The van der Waals surface area contributed by atoms with E-state index in [4.69, 9.17) is 9.47 Å². The van der Waals surface area contributed by atoms with Crippen molar-refractivity contribution in [3.8, 4) is 11.5 Å². The van der Waals surface area contributed by atoms with Crippen molar-refractivity contribution in [2.75, 3.05) is 20.8 Å². The van der Waals surface area contributed by atoms with E-state index in [2.05, 4.69) is 35.1 Å². The molecule has 1 heterocycles. The van der Waals surface area contributed by atoms with E-state index < -0.39 is 0 Å². The molecule has 166 valence electrons. The van der Waals surface area contributed by atoms with Gasteiger partial charge in [0.15, 0.2) is 0 Å². The number of hydrogen-bond acceptors (Lipinski definition) is 3. The first-order valence-electron chi connectivity index (χ1n) is 11.1. The summed E-state index contributed by atoms with van der Waals surface area (Å²) in [5, 5.41) is 4.28. The molecule has 5 nitrogen and oxygen atoms in total. The maximum Gasteiger partial charge on any atom is 0.220 e. The second-order valence-electron chi connectivity index (χ2n) is 8.03. The Morgan fingerprint density at radius 3 is 2.42 bits per heavy atom. The fraction of sp³-hybridized carbons (Fsp3) is 0.423. The number of para-hydroxylation sites is 1. The van der Waals surface area contributed by atoms with E-state index in [0.717, 1.165) is 52.9 Å². The van der Waals surface area contributed by atoms with Crippen LogP contribution in [0.5, 0.6) is 11.5 Å². The molecule has 0 aliphatic heterocycles. The number of nitrogens with zero attached hydrogens (tertiary/aromatic N) is 1. The second-order valence-corrected chi connectivity index (χ2v) is 8.03. The van der Waals surface area contributed by atoms with Crippen molar-refractivity contribution in [3.05, 3.63) is 59.8 Å². The van der Waals surface area contributed by atoms with Crippen molar-refractivity contribution >= 4 is 16.8 Å². The van der Waals surface area contributed by atoms with Gasteiger partial charge in [-0.2, -0.15) is 0 Å². The zero-order chi connectivity index (χ0) is 22.2. The van der Waals surface area contributed by atoms with Crippen LogP contribution in [-0.4, -0.2) is 31.2 Å². The fourth-order valence-electron chi connectivity index (χ4n) is 4.13. The van der Waals surface area contributed by atoms with Crippen LogP contribution in [0.2, 0.25) is 0 Å². The molecular formula is C26H34N2O3. The fourth-order valence-corrected chi connectivity index (χ4v) is 4.13. The lowest BCUT2D eigenvalue weighted by atomic mass is 9.87. The van der Waals surface area contributed by atoms with Crippen LogP contribution in [0.3, 0.4) is 0 Å². The van der Waals surface area contributed by atoms with Gasteiger partial charge in [-0.25, -0.2) is 0 Å². The summed E-state index contributed by atoms with van der Waals surface area (Å²) in [4.78, 5) is 12.9. The maximum absolute atomic E-state index is 12.9. The Labute approximate surface area is 185 Å². The van der Waals surface area contributed by atoms with Gasteiger partial charge in [-0.15, -0.1) is 0 Å². The molecule has 0 saturated carbocycles. The Kier molecular flexibility index (Phi) is 7.99. The molecule has 3 rings (SSSR count). The average molecular weight is 423 g/mol. The number of ether oxygens (including phenoxy) is 2. The van der Waals surface area contributed by atoms with Crippen LogP contribution in [0.4, 0.5) is 0 Å². The first kappa shape index (κ1) is 22.7. The number of unbranched alkanes of at least 4 members (excludes halogenated alkanes) is 3. The Morgan fingerprint density at radius 2 is 1.74 bits per heavy atom. The first-order valence-corrected chi connectivity index (χ1v) is 11.1. The normalized spacial score (nSPS) is 12.0. The van der Waals surface area contributed by atoms with Gasteiger partial charge in [-0.3, -0.25) is 4.79 Å². The summed E-state index contributed by atoms with van der Waals surface area (Å²) in [6.45, 7) is 2.91. The number of rotatable bonds is 11. The third-order valence-electron chi connectivity index (χ3n) is 5.82. The van der Waals surface area contributed by atoms with Gasteiger partial charge in [0.1, 0.15) is 11.5 Å². The lowest BCUT2D eigenvalue weighted by molar-refractivity contribution is -0.121. The van der Waals surface area contributed by atoms with Gasteiger partial charge in [-0.05, 0) is 35.7 Å². The summed E-state index contributed by atoms with van der Waals surface area (Å²) >= 11 is 0. The average Bonchev–Trinajstić information content (AvgIpc) is 3.13. The number of amides is 1. The third kappa shape index (κ3) is 5.60. The predicted molar refractivity (Wildman–Crippen MR) is 126 cm³/mol. The molecule has 1 N–H and O–H groups in total. The van der Waals surface area contributed by atoms with E-state index in [9.17, 15) is 4.79 Å². The molecule has 31 heavy (non-hydrogen) atoms. The molecule has 2 aromatic carbocycles. The van der Waals surface area contributed by atoms with Gasteiger partial charge in [0, 0.05) is 49.1 Å². The van der Waals surface area contributed by atoms with E-state index in [-0.39, 0.29) is 11.8 Å². The minimum absolute atomic E-state index is 0.0659. The highest BCUT2D eigenvalue weighted by molar-refractivity contribution is 5.86. The number of nitrogens with one attached hydrogen (secondary N) is 1. The van der Waals surface area contributed by atoms with Gasteiger partial charge < -0.3 is 19.4 Å². The van der Waals surface area contributed by atoms with Crippen molar-refractivity contribution in [2.24, 2.45) is 7.05 Å². The quantitative estimate of drug-likeness (QED) is 0.420. The molecule has 1 unspecified atom stereocenters. The minimum atomic E-state index is -0.106. The van der Waals surface area contributed by atoms with Crippen LogP contribution >= 0.6 is 0 Å². The predicted octanol–water partition coefficient (Wildman–Crippen LogP) is 5.41. The number of aryl methyl sites for hydroxylation is 1. The molecule has 1 amide bonds. The van der Waals surface area contributed by atoms with Crippen molar-refractivity contribution in [1.82, 2.24) is 9.88 Å². The maximum atomic E-state index is 12.9. The molecule has 0 fully saturated rings. The van der Waals surface area contributed by atoms with Crippen LogP contribution < -0.4 is 14.8 Å². The van der Waals surface area contributed by atoms with Crippen LogP contribution in [0, 0.1) is 0 Å². The lowest BCUT2D eigenvalue weighted by Gasteiger charge is -2.19. The van der Waals surface area contributed by atoms with Crippen LogP contribution in [0.15, 0.2) is 48.7 Å². The number of aromatic nitrogens is 1. The monoisotopic (exact) mass is 422 g/mol. The Bertz CT molecular complexity index is 987. The summed E-state index contributed by atoms with van der Waals surface area (Å²) in [7, 11) is 5.34. The molecule has 3 aromatic rings. The zero-order valence-corrected chi connectivity index (χ0v) is 19.1. The summed E-state index contributed by atoms with van der Waals surface area (Å²) in [6.07, 6.45) is 7.07. The Balaban J connectivity index is 1.94. The molecule has 5 heteroatoms. The number of methoxy groups -OCH3 is 2.